The van der Waals surface area contributed by atoms with Gasteiger partial charge < -0.3 is 0 Å². The van der Waals surface area contributed by atoms with E-state index < -0.39 is 0 Å². The number of nitrogens with zero attached hydrogens (tertiary/aromatic N) is 6. The second-order valence-corrected chi connectivity index (χ2v) is 32.7. The van der Waals surface area contributed by atoms with Crippen LogP contribution in [0.15, 0.2) is 340 Å². The lowest BCUT2D eigenvalue weighted by molar-refractivity contribution is 1.02. The van der Waals surface area contributed by atoms with E-state index in [1.54, 1.807) is 11.3 Å². The Hall–Kier alpha value is -13.3. The topological polar surface area (TPSA) is 61.4 Å². The van der Waals surface area contributed by atoms with Crippen molar-refractivity contribution in [3.05, 3.63) is 340 Å². The van der Waals surface area contributed by atoms with Crippen LogP contribution in [0.1, 0.15) is 0 Å². The van der Waals surface area contributed by atoms with Gasteiger partial charge >= 0.3 is 0 Å². The Kier molecular flexibility index (Phi) is 13.5. The first-order valence-corrected chi connectivity index (χ1v) is 40.4. The number of fused-ring (bicyclic) bond motifs is 33. The van der Waals surface area contributed by atoms with E-state index in [0.29, 0.717) is 11.9 Å². The van der Waals surface area contributed by atoms with Gasteiger partial charge in [0.25, 0.3) is 0 Å². The van der Waals surface area contributed by atoms with Crippen molar-refractivity contribution in [1.82, 2.24) is 29.1 Å². The van der Waals surface area contributed by atoms with Gasteiger partial charge in [-0.3, -0.25) is 9.13 Å². The molecule has 0 N–H and O–H groups in total. The molecular formula is C100H56N6S4. The largest absolute Gasteiger partial charge is 0.276 e. The van der Waals surface area contributed by atoms with E-state index in [4.69, 9.17) is 19.9 Å². The Balaban J connectivity index is 0.000000130. The zero-order valence-electron chi connectivity index (χ0n) is 58.6. The molecule has 0 aliphatic carbocycles. The maximum Gasteiger partial charge on any atom is 0.235 e. The molecule has 0 aliphatic heterocycles. The lowest BCUT2D eigenvalue weighted by atomic mass is 9.96. The highest BCUT2D eigenvalue weighted by atomic mass is 32.1. The van der Waals surface area contributed by atoms with Crippen LogP contribution in [0.2, 0.25) is 0 Å². The maximum atomic E-state index is 5.66. The monoisotopic (exact) mass is 1470 g/mol. The van der Waals surface area contributed by atoms with Crippen molar-refractivity contribution in [3.63, 3.8) is 0 Å². The number of rotatable bonds is 6. The molecule has 8 heterocycles. The Labute approximate surface area is 644 Å². The summed E-state index contributed by atoms with van der Waals surface area (Å²) in [6.07, 6.45) is 0. The molecule has 0 spiro atoms. The molecule has 8 aromatic heterocycles. The number of para-hydroxylation sites is 1. The molecule has 0 fully saturated rings. The third kappa shape index (κ3) is 9.07. The molecule has 110 heavy (non-hydrogen) atoms. The summed E-state index contributed by atoms with van der Waals surface area (Å²) in [6, 6.07) is 123. The molecule has 25 aromatic rings. The number of aromatic nitrogens is 6. The van der Waals surface area contributed by atoms with Gasteiger partial charge in [-0.1, -0.05) is 303 Å². The first-order valence-electron chi connectivity index (χ1n) is 37.1. The Morgan fingerprint density at radius 2 is 0.609 bits per heavy atom. The van der Waals surface area contributed by atoms with E-state index in [9.17, 15) is 0 Å². The van der Waals surface area contributed by atoms with E-state index in [-0.39, 0.29) is 0 Å². The fourth-order valence-electron chi connectivity index (χ4n) is 17.8. The van der Waals surface area contributed by atoms with Gasteiger partial charge in [-0.2, -0.15) is 0 Å². The van der Waals surface area contributed by atoms with Gasteiger partial charge in [0.1, 0.15) is 0 Å². The molecule has 6 nitrogen and oxygen atoms in total. The van der Waals surface area contributed by atoms with Gasteiger partial charge in [-0.05, 0) is 107 Å². The summed E-state index contributed by atoms with van der Waals surface area (Å²) in [5.74, 6) is 1.37. The molecule has 0 saturated carbocycles. The first kappa shape index (κ1) is 61.8. The highest BCUT2D eigenvalue weighted by molar-refractivity contribution is 7.28. The van der Waals surface area contributed by atoms with Crippen LogP contribution < -0.4 is 0 Å². The highest BCUT2D eigenvalue weighted by Crippen LogP contribution is 2.53. The van der Waals surface area contributed by atoms with Crippen LogP contribution in [0.25, 0.3) is 235 Å². The smallest absolute Gasteiger partial charge is 0.235 e. The molecule has 0 radical (unpaired) electrons. The standard InChI is InChI=1S/C54H31N3S2.C46H25N3S2/c1-4-14-32(15-5-1)36-25-28-44-42(30-36)46-39-22-12-13-23-40(39)47-43-31-37(33-16-6-2-7-17-33)26-29-45(43)58-52(47)50(46)57(44)54-55-48(35-19-8-3-9-20-35)53-49(56-54)41-27-24-34-18-10-11-21-38(34)51(41)59-53;1-2-14-26(15-3-1)40-45-41(39-29-18-6-4-16-27(29)28-17-5-9-21-32(28)43(39)51-45)48-46(47-40)49-35-24-12-10-22-33(35)37-30-19-7-8-20-31(30)38-34-23-11-13-25-36(34)50-44(38)42(37)49/h1-31H;1-25H. The summed E-state index contributed by atoms with van der Waals surface area (Å²) < 4.78 is 14.5. The van der Waals surface area contributed by atoms with Crippen LogP contribution >= 0.6 is 45.3 Å². The van der Waals surface area contributed by atoms with Crippen LogP contribution in [0.3, 0.4) is 0 Å². The van der Waals surface area contributed by atoms with Crippen LogP contribution in [0.5, 0.6) is 0 Å². The molecule has 0 amide bonds. The van der Waals surface area contributed by atoms with E-state index >= 15 is 0 Å². The normalized spacial score (nSPS) is 12.2. The number of thiophene rings is 4. The Bertz CT molecular complexity index is 8210. The van der Waals surface area contributed by atoms with Gasteiger partial charge in [-0.25, -0.2) is 19.9 Å². The number of hydrogen-bond donors (Lipinski definition) is 0. The van der Waals surface area contributed by atoms with Gasteiger partial charge in [0.15, 0.2) is 0 Å². The SMILES string of the molecule is c1ccc(-c2ccc3sc4c(c3c2)c2ccccc2c2c3cc(-c5ccccc5)ccc3n(-c3nc(-c5ccccc5)c5sc6c7ccccc7ccc6c5n3)c42)cc1.c1ccc(-c2nc(-n3c4ccccc4c4c5ccccc5c5c6ccccc6sc5c43)nc3c2sc2c4ccccc4c4ccccc4c32)cc1. The average Bonchev–Trinajstić information content (AvgIpc) is 1.50. The average molecular weight is 1470 g/mol. The van der Waals surface area contributed by atoms with Crippen LogP contribution in [0, 0.1) is 0 Å². The Morgan fingerprint density at radius 1 is 0.200 bits per heavy atom. The lowest BCUT2D eigenvalue weighted by Crippen LogP contribution is -2.03. The second-order valence-electron chi connectivity index (χ2n) is 28.5. The maximum absolute atomic E-state index is 5.66. The minimum Gasteiger partial charge on any atom is -0.276 e. The molecule has 10 heteroatoms. The second kappa shape index (κ2) is 24.1. The quantitative estimate of drug-likeness (QED) is 0.156. The van der Waals surface area contributed by atoms with Crippen molar-refractivity contribution in [2.24, 2.45) is 0 Å². The third-order valence-electron chi connectivity index (χ3n) is 22.6. The molecule has 0 bridgehead atoms. The minimum atomic E-state index is 0.677. The molecule has 0 atom stereocenters. The van der Waals surface area contributed by atoms with Crippen LogP contribution in [-0.4, -0.2) is 29.1 Å². The minimum absolute atomic E-state index is 0.677. The van der Waals surface area contributed by atoms with Crippen molar-refractivity contribution in [3.8, 4) is 56.7 Å². The highest BCUT2D eigenvalue weighted by Gasteiger charge is 2.29. The number of hydrogen-bond acceptors (Lipinski definition) is 8. The summed E-state index contributed by atoms with van der Waals surface area (Å²) in [6.45, 7) is 0. The lowest BCUT2D eigenvalue weighted by Gasteiger charge is -2.11. The van der Waals surface area contributed by atoms with Crippen molar-refractivity contribution in [2.75, 3.05) is 0 Å². The summed E-state index contributed by atoms with van der Waals surface area (Å²) in [7, 11) is 0. The summed E-state index contributed by atoms with van der Waals surface area (Å²) in [5, 5.41) is 24.8. The number of benzene rings is 17. The summed E-state index contributed by atoms with van der Waals surface area (Å²) in [5.41, 5.74) is 15.4. The van der Waals surface area contributed by atoms with Crippen LogP contribution in [-0.2, 0) is 0 Å². The predicted molar refractivity (Wildman–Crippen MR) is 474 cm³/mol. The molecule has 0 unspecified atom stereocenters. The first-order chi connectivity index (χ1) is 54.6. The zero-order valence-corrected chi connectivity index (χ0v) is 61.9. The van der Waals surface area contributed by atoms with Crippen molar-refractivity contribution >= 4 is 224 Å². The predicted octanol–water partition coefficient (Wildman–Crippen LogP) is 29.1. The summed E-state index contributed by atoms with van der Waals surface area (Å²) >= 11 is 7.35. The van der Waals surface area contributed by atoms with Gasteiger partial charge in [0.2, 0.25) is 11.9 Å². The summed E-state index contributed by atoms with van der Waals surface area (Å²) in [4.78, 5) is 22.5. The molecule has 0 saturated heterocycles. The Morgan fingerprint density at radius 3 is 1.22 bits per heavy atom. The molecule has 17 aromatic carbocycles. The molecule has 510 valence electrons. The van der Waals surface area contributed by atoms with Crippen molar-refractivity contribution in [2.45, 2.75) is 0 Å². The van der Waals surface area contributed by atoms with Crippen molar-refractivity contribution < 1.29 is 0 Å². The molecule has 0 aliphatic rings. The fourth-order valence-corrected chi connectivity index (χ4v) is 22.9. The van der Waals surface area contributed by atoms with Crippen LogP contribution in [0.4, 0.5) is 0 Å². The van der Waals surface area contributed by atoms with Crippen molar-refractivity contribution in [1.29, 1.82) is 0 Å². The zero-order chi connectivity index (χ0) is 71.8. The molecule has 25 rings (SSSR count). The van der Waals surface area contributed by atoms with E-state index in [1.807, 2.05) is 34.0 Å². The molecular weight excluding hydrogens is 1410 g/mol. The van der Waals surface area contributed by atoms with E-state index in [2.05, 4.69) is 349 Å². The third-order valence-corrected chi connectivity index (χ3v) is 27.4. The van der Waals surface area contributed by atoms with E-state index in [1.165, 1.54) is 158 Å². The van der Waals surface area contributed by atoms with E-state index in [0.717, 1.165) is 64.9 Å². The fraction of sp³-hybridized carbons (Fsp3) is 0. The van der Waals surface area contributed by atoms with Gasteiger partial charge in [-0.15, -0.1) is 45.3 Å². The van der Waals surface area contributed by atoms with Gasteiger partial charge in [0, 0.05) is 89.2 Å². The van der Waals surface area contributed by atoms with Gasteiger partial charge in [0.05, 0.1) is 63.3 Å².